The Morgan fingerprint density at radius 1 is 1.57 bits per heavy atom. The monoisotopic (exact) mass is 199 g/mol. The number of carbonyl (C=O) groups is 1. The van der Waals surface area contributed by atoms with E-state index < -0.39 is 0 Å². The molecule has 1 N–H and O–H groups in total. The van der Waals surface area contributed by atoms with E-state index >= 15 is 0 Å². The van der Waals surface area contributed by atoms with E-state index in [2.05, 4.69) is 9.73 Å². The first kappa shape index (κ1) is 11.2. The predicted molar refractivity (Wildman–Crippen MR) is 53.3 cm³/mol. The number of methoxy groups -OCH3 is 1. The Morgan fingerprint density at radius 3 is 2.93 bits per heavy atom. The zero-order valence-electron chi connectivity index (χ0n) is 8.48. The van der Waals surface area contributed by atoms with Crippen LogP contribution in [0.15, 0.2) is 4.99 Å². The molecule has 1 saturated carbocycles. The van der Waals surface area contributed by atoms with Crippen molar-refractivity contribution in [3.8, 4) is 0 Å². The number of esters is 1. The summed E-state index contributed by atoms with van der Waals surface area (Å²) in [6.07, 6.45) is 5.43. The smallest absolute Gasteiger partial charge is 0.327 e. The van der Waals surface area contributed by atoms with Crippen molar-refractivity contribution in [3.63, 3.8) is 0 Å². The van der Waals surface area contributed by atoms with Gasteiger partial charge in [0.2, 0.25) is 0 Å². The topological polar surface area (TPSA) is 58.9 Å². The van der Waals surface area contributed by atoms with Crippen LogP contribution in [-0.4, -0.2) is 37.0 Å². The lowest BCUT2D eigenvalue weighted by molar-refractivity contribution is -0.138. The zero-order chi connectivity index (χ0) is 10.4. The number of hydrogen-bond acceptors (Lipinski definition) is 4. The van der Waals surface area contributed by atoms with Gasteiger partial charge in [0.1, 0.15) is 6.54 Å². The largest absolute Gasteiger partial charge is 0.468 e. The average molecular weight is 199 g/mol. The van der Waals surface area contributed by atoms with Crippen molar-refractivity contribution in [3.05, 3.63) is 0 Å². The van der Waals surface area contributed by atoms with E-state index in [1.165, 1.54) is 7.11 Å². The van der Waals surface area contributed by atoms with E-state index in [0.717, 1.165) is 25.7 Å². The lowest BCUT2D eigenvalue weighted by atomic mass is 9.87. The summed E-state index contributed by atoms with van der Waals surface area (Å²) in [6.45, 7) is 0.0553. The summed E-state index contributed by atoms with van der Waals surface area (Å²) in [5.41, 5.74) is 0. The second-order valence-electron chi connectivity index (χ2n) is 3.58. The van der Waals surface area contributed by atoms with Gasteiger partial charge in [0.05, 0.1) is 13.2 Å². The minimum atomic E-state index is -0.341. The molecule has 1 rings (SSSR count). The Bertz CT molecular complexity index is 215. The van der Waals surface area contributed by atoms with E-state index in [-0.39, 0.29) is 24.5 Å². The molecule has 1 fully saturated rings. The van der Waals surface area contributed by atoms with Crippen LogP contribution in [0.25, 0.3) is 0 Å². The third-order valence-corrected chi connectivity index (χ3v) is 2.53. The fourth-order valence-electron chi connectivity index (χ4n) is 1.64. The van der Waals surface area contributed by atoms with Crippen molar-refractivity contribution in [2.24, 2.45) is 10.9 Å². The van der Waals surface area contributed by atoms with Crippen molar-refractivity contribution in [1.82, 2.24) is 0 Å². The van der Waals surface area contributed by atoms with Crippen LogP contribution in [0, 0.1) is 5.92 Å². The van der Waals surface area contributed by atoms with E-state index in [1.807, 2.05) is 0 Å². The van der Waals surface area contributed by atoms with Crippen LogP contribution in [0.4, 0.5) is 0 Å². The fourth-order valence-corrected chi connectivity index (χ4v) is 1.64. The second kappa shape index (κ2) is 5.75. The number of aliphatic hydroxyl groups excluding tert-OH is 1. The number of nitrogens with zero attached hydrogens (tertiary/aromatic N) is 1. The van der Waals surface area contributed by atoms with Gasteiger partial charge in [0, 0.05) is 12.1 Å². The first-order valence-corrected chi connectivity index (χ1v) is 4.99. The number of hydrogen-bond donors (Lipinski definition) is 1. The van der Waals surface area contributed by atoms with Gasteiger partial charge >= 0.3 is 5.97 Å². The Kier molecular flexibility index (Phi) is 4.59. The van der Waals surface area contributed by atoms with Gasteiger partial charge < -0.3 is 9.84 Å². The normalized spacial score (nSPS) is 27.9. The van der Waals surface area contributed by atoms with Crippen LogP contribution in [0.3, 0.4) is 0 Å². The summed E-state index contributed by atoms with van der Waals surface area (Å²) in [4.78, 5) is 14.7. The average Bonchev–Trinajstić information content (AvgIpc) is 2.20. The molecule has 0 bridgehead atoms. The van der Waals surface area contributed by atoms with E-state index in [0.29, 0.717) is 0 Å². The molecule has 2 atom stereocenters. The van der Waals surface area contributed by atoms with Crippen LogP contribution in [0.1, 0.15) is 25.7 Å². The molecule has 4 nitrogen and oxygen atoms in total. The number of aliphatic imine (C=N–C) groups is 1. The van der Waals surface area contributed by atoms with Crippen molar-refractivity contribution in [2.45, 2.75) is 31.8 Å². The van der Waals surface area contributed by atoms with Gasteiger partial charge in [-0.15, -0.1) is 0 Å². The highest BCUT2D eigenvalue weighted by atomic mass is 16.5. The molecular formula is C10H17NO3. The summed E-state index contributed by atoms with van der Waals surface area (Å²) in [6, 6.07) is 0. The molecule has 1 aliphatic rings. The molecule has 0 saturated heterocycles. The van der Waals surface area contributed by atoms with Crippen molar-refractivity contribution in [1.29, 1.82) is 0 Å². The van der Waals surface area contributed by atoms with Crippen molar-refractivity contribution >= 4 is 12.2 Å². The van der Waals surface area contributed by atoms with Gasteiger partial charge in [-0.3, -0.25) is 9.79 Å². The Morgan fingerprint density at radius 2 is 2.29 bits per heavy atom. The Balaban J connectivity index is 2.30. The molecule has 14 heavy (non-hydrogen) atoms. The molecule has 0 aromatic rings. The highest BCUT2D eigenvalue weighted by Crippen LogP contribution is 2.22. The lowest BCUT2D eigenvalue weighted by Crippen LogP contribution is -2.25. The number of carbonyl (C=O) groups excluding carboxylic acids is 1. The lowest BCUT2D eigenvalue weighted by Gasteiger charge is -2.23. The number of aliphatic hydroxyl groups is 1. The third-order valence-electron chi connectivity index (χ3n) is 2.53. The van der Waals surface area contributed by atoms with Gasteiger partial charge in [0.15, 0.2) is 0 Å². The molecule has 0 heterocycles. The summed E-state index contributed by atoms with van der Waals surface area (Å²) in [5, 5.41) is 9.58. The third kappa shape index (κ3) is 3.46. The first-order chi connectivity index (χ1) is 6.74. The Labute approximate surface area is 84.0 Å². The molecule has 80 valence electrons. The summed E-state index contributed by atoms with van der Waals surface area (Å²) < 4.78 is 4.45. The Hall–Kier alpha value is -0.900. The molecular weight excluding hydrogens is 182 g/mol. The van der Waals surface area contributed by atoms with Crippen LogP contribution in [0.2, 0.25) is 0 Å². The van der Waals surface area contributed by atoms with Crippen LogP contribution in [-0.2, 0) is 9.53 Å². The SMILES string of the molecule is COC(=O)C/N=C/C1CCCCC1O. The molecule has 4 heteroatoms. The number of rotatable bonds is 3. The molecule has 0 amide bonds. The van der Waals surface area contributed by atoms with E-state index in [9.17, 15) is 9.90 Å². The summed E-state index contributed by atoms with van der Waals surface area (Å²) >= 11 is 0. The van der Waals surface area contributed by atoms with Crippen LogP contribution >= 0.6 is 0 Å². The minimum Gasteiger partial charge on any atom is -0.468 e. The molecule has 1 aliphatic carbocycles. The quantitative estimate of drug-likeness (QED) is 0.540. The van der Waals surface area contributed by atoms with Gasteiger partial charge in [-0.1, -0.05) is 12.8 Å². The van der Waals surface area contributed by atoms with Crippen LogP contribution in [0.5, 0.6) is 0 Å². The highest BCUT2D eigenvalue weighted by molar-refractivity contribution is 5.74. The highest BCUT2D eigenvalue weighted by Gasteiger charge is 2.20. The van der Waals surface area contributed by atoms with Gasteiger partial charge in [-0.2, -0.15) is 0 Å². The summed E-state index contributed by atoms with van der Waals surface area (Å²) in [7, 11) is 1.34. The molecule has 0 aromatic heterocycles. The fraction of sp³-hybridized carbons (Fsp3) is 0.800. The van der Waals surface area contributed by atoms with E-state index in [1.54, 1.807) is 6.21 Å². The van der Waals surface area contributed by atoms with Crippen LogP contribution < -0.4 is 0 Å². The second-order valence-corrected chi connectivity index (χ2v) is 3.58. The maximum atomic E-state index is 10.7. The molecule has 0 radical (unpaired) electrons. The van der Waals surface area contributed by atoms with E-state index in [4.69, 9.17) is 0 Å². The predicted octanol–water partition coefficient (Wildman–Crippen LogP) is 0.781. The van der Waals surface area contributed by atoms with Gasteiger partial charge in [0.25, 0.3) is 0 Å². The minimum absolute atomic E-state index is 0.0553. The molecule has 2 unspecified atom stereocenters. The van der Waals surface area contributed by atoms with Crippen molar-refractivity contribution in [2.75, 3.05) is 13.7 Å². The van der Waals surface area contributed by atoms with Gasteiger partial charge in [-0.25, -0.2) is 0 Å². The summed E-state index contributed by atoms with van der Waals surface area (Å²) in [5.74, 6) is -0.222. The zero-order valence-corrected chi connectivity index (χ0v) is 8.48. The molecule has 0 aliphatic heterocycles. The maximum Gasteiger partial charge on any atom is 0.327 e. The number of ether oxygens (including phenoxy) is 1. The standard InChI is InChI=1S/C10H17NO3/c1-14-10(13)7-11-6-8-4-2-3-5-9(8)12/h6,8-9,12H,2-5,7H2,1H3/b11-6+. The van der Waals surface area contributed by atoms with Crippen molar-refractivity contribution < 1.29 is 14.6 Å². The maximum absolute atomic E-state index is 10.7. The van der Waals surface area contributed by atoms with Gasteiger partial charge in [-0.05, 0) is 12.8 Å². The first-order valence-electron chi connectivity index (χ1n) is 4.99. The molecule has 0 spiro atoms. The molecule has 0 aromatic carbocycles.